The van der Waals surface area contributed by atoms with Crippen molar-refractivity contribution in [3.8, 4) is 0 Å². The molecule has 4 aliphatic rings. The lowest BCUT2D eigenvalue weighted by molar-refractivity contribution is -0.386. The Hall–Kier alpha value is -5.43. The third kappa shape index (κ3) is 7.39. The molecule has 0 aromatic carbocycles. The van der Waals surface area contributed by atoms with Crippen molar-refractivity contribution >= 4 is 47.8 Å². The second-order valence-corrected chi connectivity index (χ2v) is 16.1. The molecule has 1 spiro atoms. The van der Waals surface area contributed by atoms with Crippen LogP contribution in [-0.2, 0) is 76.2 Å². The Labute approximate surface area is 345 Å². The van der Waals surface area contributed by atoms with Crippen molar-refractivity contribution in [3.05, 3.63) is 41.2 Å². The number of fused-ring (bicyclic) bond motifs is 5. The zero-order valence-corrected chi connectivity index (χ0v) is 35.3. The number of carbonyl (C=O) groups is 8. The average molecular weight is 846 g/mol. The number of aromatic nitrogens is 1. The minimum atomic E-state index is -2.84. The Morgan fingerprint density at radius 3 is 1.95 bits per heavy atom. The van der Waals surface area contributed by atoms with Gasteiger partial charge in [-0.1, -0.05) is 19.9 Å². The molecule has 2 unspecified atom stereocenters. The van der Waals surface area contributed by atoms with Gasteiger partial charge in [-0.2, -0.15) is 0 Å². The summed E-state index contributed by atoms with van der Waals surface area (Å²) in [6.45, 7) is 11.6. The first kappa shape index (κ1) is 45.7. The minimum absolute atomic E-state index is 0.0234. The van der Waals surface area contributed by atoms with Gasteiger partial charge in [0, 0.05) is 52.3 Å². The number of hydrogen-bond donors (Lipinski definition) is 1. The molecule has 3 fully saturated rings. The van der Waals surface area contributed by atoms with Crippen LogP contribution in [0.15, 0.2) is 30.0 Å². The van der Waals surface area contributed by atoms with Crippen molar-refractivity contribution in [3.63, 3.8) is 0 Å². The third-order valence-corrected chi connectivity index (χ3v) is 12.1. The van der Waals surface area contributed by atoms with Crippen LogP contribution in [0.5, 0.6) is 0 Å². The molecule has 1 aromatic heterocycles. The first-order valence-electron chi connectivity index (χ1n) is 19.3. The molecular weight excluding hydrogens is 794 g/mol. The zero-order chi connectivity index (χ0) is 44.9. The summed E-state index contributed by atoms with van der Waals surface area (Å²) in [7, 11) is 0. The van der Waals surface area contributed by atoms with Crippen molar-refractivity contribution in [1.82, 2.24) is 4.98 Å². The van der Waals surface area contributed by atoms with Crippen LogP contribution >= 0.6 is 0 Å². The molecule has 4 bridgehead atoms. The largest absolute Gasteiger partial charge is 0.465 e. The zero-order valence-electron chi connectivity index (χ0n) is 35.3. The Morgan fingerprint density at radius 2 is 1.38 bits per heavy atom. The Kier molecular flexibility index (Phi) is 12.6. The second-order valence-electron chi connectivity index (χ2n) is 16.1. The molecule has 1 aromatic rings. The van der Waals surface area contributed by atoms with E-state index in [0.29, 0.717) is 0 Å². The van der Waals surface area contributed by atoms with Gasteiger partial charge in [0.25, 0.3) is 0 Å². The van der Waals surface area contributed by atoms with E-state index in [1.807, 2.05) is 0 Å². The van der Waals surface area contributed by atoms with E-state index in [1.165, 1.54) is 52.1 Å². The highest BCUT2D eigenvalue weighted by molar-refractivity contribution is 5.91. The molecule has 2 aliphatic carbocycles. The summed E-state index contributed by atoms with van der Waals surface area (Å²) >= 11 is 0. The lowest BCUT2D eigenvalue weighted by Gasteiger charge is -2.67. The fraction of sp³-hybridized carbons (Fsp3) is 0.634. The van der Waals surface area contributed by atoms with E-state index in [2.05, 4.69) is 4.98 Å². The van der Waals surface area contributed by atoms with E-state index in [0.717, 1.165) is 41.5 Å². The Balaban J connectivity index is 2.04. The van der Waals surface area contributed by atoms with E-state index in [4.69, 9.17) is 42.6 Å². The van der Waals surface area contributed by atoms with Gasteiger partial charge in [0.2, 0.25) is 0 Å². The van der Waals surface area contributed by atoms with Gasteiger partial charge >= 0.3 is 47.8 Å². The molecule has 328 valence electrons. The van der Waals surface area contributed by atoms with Gasteiger partial charge in [-0.15, -0.1) is 0 Å². The SMILES string of the molecule is C/C=C(\C)C(=O)O[C@H]1[C@@H](OC(C)=O)[C@@H]2OC(=O)C(C)C(C)c3ncccc3C(=O)OC[C@]3(C)O[C@@]4([C@H](OC(C)=O)[C@H]3[C@@H](OC(C)=O)[C@@H](OC(C)=O)[C@]14COC(C)=O)[C@@]2(C)O. The molecule has 2 aliphatic heterocycles. The normalized spacial score (nSPS) is 37.2. The number of allylic oxidation sites excluding steroid dienone is 1. The van der Waals surface area contributed by atoms with Crippen molar-refractivity contribution in [2.24, 2.45) is 17.3 Å². The summed E-state index contributed by atoms with van der Waals surface area (Å²) in [4.78, 5) is 113. The third-order valence-electron chi connectivity index (χ3n) is 12.1. The summed E-state index contributed by atoms with van der Waals surface area (Å²) in [6.07, 6.45) is -9.34. The highest BCUT2D eigenvalue weighted by atomic mass is 16.7. The number of esters is 8. The highest BCUT2D eigenvalue weighted by Crippen LogP contribution is 2.70. The lowest BCUT2D eigenvalue weighted by Crippen LogP contribution is -2.89. The van der Waals surface area contributed by atoms with Gasteiger partial charge in [0.05, 0.1) is 23.1 Å². The smallest absolute Gasteiger partial charge is 0.340 e. The second kappa shape index (κ2) is 16.6. The Bertz CT molecular complexity index is 1990. The molecule has 3 heterocycles. The summed E-state index contributed by atoms with van der Waals surface area (Å²) in [5.41, 5.74) is -10.3. The summed E-state index contributed by atoms with van der Waals surface area (Å²) < 4.78 is 55.1. The first-order chi connectivity index (χ1) is 27.9. The molecule has 19 heteroatoms. The molecule has 13 atom stereocenters. The number of nitrogens with zero attached hydrogens (tertiary/aromatic N) is 1. The van der Waals surface area contributed by atoms with Crippen molar-refractivity contribution < 1.29 is 86.1 Å². The molecule has 1 N–H and O–H groups in total. The number of carbonyl (C=O) groups excluding carboxylic acids is 8. The van der Waals surface area contributed by atoms with Crippen LogP contribution in [0.25, 0.3) is 0 Å². The van der Waals surface area contributed by atoms with E-state index in [1.54, 1.807) is 6.92 Å². The molecule has 1 saturated heterocycles. The van der Waals surface area contributed by atoms with Crippen LogP contribution in [0.3, 0.4) is 0 Å². The van der Waals surface area contributed by atoms with E-state index < -0.39 is 138 Å². The predicted octanol–water partition coefficient (Wildman–Crippen LogP) is 1.98. The van der Waals surface area contributed by atoms with Crippen LogP contribution in [0.2, 0.25) is 0 Å². The van der Waals surface area contributed by atoms with Gasteiger partial charge in [0.1, 0.15) is 42.0 Å². The van der Waals surface area contributed by atoms with Gasteiger partial charge in [-0.25, -0.2) is 9.59 Å². The molecular formula is C41H51NO18. The van der Waals surface area contributed by atoms with Gasteiger partial charge in [0.15, 0.2) is 30.0 Å². The summed E-state index contributed by atoms with van der Waals surface area (Å²) in [6, 6.07) is 2.90. The van der Waals surface area contributed by atoms with Gasteiger partial charge < -0.3 is 47.7 Å². The number of cyclic esters (lactones) is 1. The number of hydrogen-bond acceptors (Lipinski definition) is 19. The number of rotatable bonds is 8. The maximum atomic E-state index is 14.5. The highest BCUT2D eigenvalue weighted by Gasteiger charge is 2.92. The van der Waals surface area contributed by atoms with Crippen LogP contribution in [0.4, 0.5) is 0 Å². The fourth-order valence-electron chi connectivity index (χ4n) is 9.40. The van der Waals surface area contributed by atoms with Gasteiger partial charge in [-0.05, 0) is 39.8 Å². The molecule has 0 amide bonds. The first-order valence-corrected chi connectivity index (χ1v) is 19.3. The van der Waals surface area contributed by atoms with Crippen LogP contribution in [0.1, 0.15) is 98.1 Å². The molecule has 19 nitrogen and oxygen atoms in total. The van der Waals surface area contributed by atoms with E-state index in [-0.39, 0.29) is 16.8 Å². The number of ether oxygens (including phenoxy) is 9. The monoisotopic (exact) mass is 845 g/mol. The maximum absolute atomic E-state index is 14.5. The van der Waals surface area contributed by atoms with Crippen LogP contribution in [0, 0.1) is 17.3 Å². The standard InChI is InChI=1S/C41H51NO18/c1-12-18(2)35(48)59-34-30(55-23(7)45)32-39(11,51)41-31(56-24(8)46)27(29(54-22(6)44)33(57-25(9)47)40(34,41)17-52-21(5)43)38(10,60-41)16-53-37(50)26-14-13-15-42-28(26)19(3)20(4)36(49)58-32/h12-15,19-20,27,29-34,51H,16-17H2,1-11H3/b18-12+/t19?,20?,27-,29-,30+,31-,32+,33-,34+,38+,39+,40-,41+/m1/s1. The number of aliphatic hydroxyl groups is 1. The lowest BCUT2D eigenvalue weighted by atomic mass is 9.45. The summed E-state index contributed by atoms with van der Waals surface area (Å²) in [5, 5.41) is 13.5. The van der Waals surface area contributed by atoms with Gasteiger partial charge in [-0.3, -0.25) is 33.8 Å². The Morgan fingerprint density at radius 1 is 0.817 bits per heavy atom. The molecule has 2 saturated carbocycles. The van der Waals surface area contributed by atoms with Crippen LogP contribution < -0.4 is 0 Å². The predicted molar refractivity (Wildman–Crippen MR) is 199 cm³/mol. The topological polar surface area (TPSA) is 253 Å². The molecule has 60 heavy (non-hydrogen) atoms. The van der Waals surface area contributed by atoms with Crippen molar-refractivity contribution in [2.45, 2.75) is 136 Å². The number of pyridine rings is 1. The van der Waals surface area contributed by atoms with Crippen molar-refractivity contribution in [2.75, 3.05) is 13.2 Å². The van der Waals surface area contributed by atoms with Crippen molar-refractivity contribution in [1.29, 1.82) is 0 Å². The molecule has 0 radical (unpaired) electrons. The minimum Gasteiger partial charge on any atom is -0.465 e. The average Bonchev–Trinajstić information content (AvgIpc) is 3.38. The maximum Gasteiger partial charge on any atom is 0.340 e. The fourth-order valence-corrected chi connectivity index (χ4v) is 9.40. The quantitative estimate of drug-likeness (QED) is 0.223. The van der Waals surface area contributed by atoms with Crippen LogP contribution in [-0.4, -0.2) is 124 Å². The van der Waals surface area contributed by atoms with E-state index >= 15 is 0 Å². The van der Waals surface area contributed by atoms with E-state index in [9.17, 15) is 43.5 Å². The molecule has 5 rings (SSSR count). The summed E-state index contributed by atoms with van der Waals surface area (Å²) in [5.74, 6) is -11.7.